The highest BCUT2D eigenvalue weighted by molar-refractivity contribution is 7.99. The predicted octanol–water partition coefficient (Wildman–Crippen LogP) is 3.22. The predicted molar refractivity (Wildman–Crippen MR) is 61.9 cm³/mol. The van der Waals surface area contributed by atoms with E-state index in [0.717, 1.165) is 0 Å². The average molecular weight is 213 g/mol. The highest BCUT2D eigenvalue weighted by Gasteiger charge is 2.45. The number of hydrogen-bond acceptors (Lipinski definition) is 3. The van der Waals surface area contributed by atoms with E-state index in [1.165, 1.54) is 25.7 Å². The first kappa shape index (κ1) is 10.5. The fraction of sp³-hybridized carbons (Fsp3) is 0.909. The van der Waals surface area contributed by atoms with Crippen molar-refractivity contribution in [3.8, 4) is 0 Å². The quantitative estimate of drug-likeness (QED) is 0.519. The molecule has 2 rings (SSSR count). The van der Waals surface area contributed by atoms with Crippen LogP contribution in [0.25, 0.3) is 0 Å². The smallest absolute Gasteiger partial charge is 0.104 e. The molecule has 0 aromatic carbocycles. The van der Waals surface area contributed by atoms with Crippen LogP contribution in [0, 0.1) is 0 Å². The van der Waals surface area contributed by atoms with E-state index in [2.05, 4.69) is 31.4 Å². The summed E-state index contributed by atoms with van der Waals surface area (Å²) in [5.41, 5.74) is 0.0168. The molecule has 0 unspecified atom stereocenters. The number of rotatable bonds is 2. The molecule has 2 nitrogen and oxygen atoms in total. The van der Waals surface area contributed by atoms with Crippen LogP contribution < -0.4 is 0 Å². The Hall–Kier alpha value is -0.0200. The van der Waals surface area contributed by atoms with Gasteiger partial charge in [-0.15, -0.1) is 0 Å². The van der Waals surface area contributed by atoms with Crippen molar-refractivity contribution in [2.24, 2.45) is 4.40 Å². The van der Waals surface area contributed by atoms with Crippen molar-refractivity contribution < 1.29 is 4.74 Å². The number of fused-ring (bicyclic) bond motifs is 2. The van der Waals surface area contributed by atoms with E-state index in [1.54, 1.807) is 11.9 Å². The molecule has 0 aromatic rings. The van der Waals surface area contributed by atoms with E-state index in [9.17, 15) is 0 Å². The van der Waals surface area contributed by atoms with Gasteiger partial charge in [-0.1, -0.05) is 0 Å². The van der Waals surface area contributed by atoms with Crippen molar-refractivity contribution in [3.63, 3.8) is 0 Å². The van der Waals surface area contributed by atoms with Gasteiger partial charge in [0.1, 0.15) is 5.60 Å². The normalized spacial score (nSPS) is 37.2. The molecular formula is C11H19NOS. The summed E-state index contributed by atoms with van der Waals surface area (Å²) >= 11 is 1.64. The first-order valence-electron chi connectivity index (χ1n) is 5.40. The van der Waals surface area contributed by atoms with E-state index in [4.69, 9.17) is 4.74 Å². The van der Waals surface area contributed by atoms with Gasteiger partial charge in [-0.25, -0.2) is 4.40 Å². The van der Waals surface area contributed by atoms with Gasteiger partial charge in [0.05, 0.1) is 6.10 Å². The SMILES string of the molecule is CC(C)(C)S/N=C/C12CCC(CC1)O2. The highest BCUT2D eigenvalue weighted by Crippen LogP contribution is 2.42. The number of ether oxygens (including phenoxy) is 1. The van der Waals surface area contributed by atoms with Gasteiger partial charge < -0.3 is 4.74 Å². The first-order chi connectivity index (χ1) is 6.49. The zero-order valence-electron chi connectivity index (χ0n) is 9.25. The summed E-state index contributed by atoms with van der Waals surface area (Å²) in [5.74, 6) is 0. The molecule has 0 amide bonds. The third-order valence-electron chi connectivity index (χ3n) is 2.79. The van der Waals surface area contributed by atoms with Gasteiger partial charge in [-0.05, 0) is 58.4 Å². The lowest BCUT2D eigenvalue weighted by atomic mass is 9.90. The fourth-order valence-electron chi connectivity index (χ4n) is 2.09. The Morgan fingerprint density at radius 2 is 2.00 bits per heavy atom. The van der Waals surface area contributed by atoms with E-state index in [1.807, 2.05) is 0 Å². The molecule has 2 heterocycles. The Morgan fingerprint density at radius 3 is 2.43 bits per heavy atom. The number of nitrogens with zero attached hydrogens (tertiary/aromatic N) is 1. The Morgan fingerprint density at radius 1 is 1.36 bits per heavy atom. The molecule has 0 atom stereocenters. The van der Waals surface area contributed by atoms with Crippen LogP contribution in [0.15, 0.2) is 4.40 Å². The molecule has 0 spiro atoms. The Kier molecular flexibility index (Phi) is 2.64. The number of hydrogen-bond donors (Lipinski definition) is 0. The largest absolute Gasteiger partial charge is 0.366 e. The lowest BCUT2D eigenvalue weighted by molar-refractivity contribution is 0.0684. The molecule has 2 aliphatic heterocycles. The van der Waals surface area contributed by atoms with Crippen molar-refractivity contribution in [1.82, 2.24) is 0 Å². The molecule has 2 saturated heterocycles. The van der Waals surface area contributed by atoms with Crippen LogP contribution in [-0.2, 0) is 4.74 Å². The van der Waals surface area contributed by atoms with Crippen LogP contribution in [0.2, 0.25) is 0 Å². The molecule has 0 radical (unpaired) electrons. The summed E-state index contributed by atoms with van der Waals surface area (Å²) in [6.07, 6.45) is 7.38. The molecule has 0 aromatic heterocycles. The summed E-state index contributed by atoms with van der Waals surface area (Å²) < 4.78 is 10.6. The molecule has 0 N–H and O–H groups in total. The molecule has 2 fully saturated rings. The summed E-state index contributed by atoms with van der Waals surface area (Å²) in [5, 5.41) is 0. The molecule has 0 saturated carbocycles. The van der Waals surface area contributed by atoms with Gasteiger partial charge in [0.15, 0.2) is 0 Å². The lowest BCUT2D eigenvalue weighted by Gasteiger charge is -2.19. The van der Waals surface area contributed by atoms with Crippen LogP contribution >= 0.6 is 11.9 Å². The third-order valence-corrected chi connectivity index (χ3v) is 3.55. The van der Waals surface area contributed by atoms with Crippen molar-refractivity contribution in [3.05, 3.63) is 0 Å². The summed E-state index contributed by atoms with van der Waals surface area (Å²) in [6.45, 7) is 6.54. The van der Waals surface area contributed by atoms with Crippen LogP contribution in [0.4, 0.5) is 0 Å². The Bertz CT molecular complexity index is 236. The van der Waals surface area contributed by atoms with Gasteiger partial charge in [0.25, 0.3) is 0 Å². The molecule has 2 bridgehead atoms. The molecule has 0 aliphatic carbocycles. The van der Waals surface area contributed by atoms with Gasteiger partial charge >= 0.3 is 0 Å². The average Bonchev–Trinajstić information content (AvgIpc) is 2.60. The zero-order chi connectivity index (χ0) is 10.2. The second-order valence-corrected chi connectivity index (χ2v) is 6.94. The summed E-state index contributed by atoms with van der Waals surface area (Å²) in [4.78, 5) is 0. The van der Waals surface area contributed by atoms with Crippen LogP contribution in [0.3, 0.4) is 0 Å². The van der Waals surface area contributed by atoms with Crippen molar-refractivity contribution in [2.75, 3.05) is 0 Å². The topological polar surface area (TPSA) is 21.6 Å². The fourth-order valence-corrected chi connectivity index (χ4v) is 2.65. The highest BCUT2D eigenvalue weighted by atomic mass is 32.2. The second kappa shape index (κ2) is 3.53. The zero-order valence-corrected chi connectivity index (χ0v) is 10.1. The molecule has 3 heteroatoms. The molecule has 2 aliphatic rings. The van der Waals surface area contributed by atoms with Crippen molar-refractivity contribution in [1.29, 1.82) is 0 Å². The second-order valence-electron chi connectivity index (χ2n) is 5.32. The lowest BCUT2D eigenvalue weighted by Crippen LogP contribution is -2.26. The summed E-state index contributed by atoms with van der Waals surface area (Å²) in [7, 11) is 0. The van der Waals surface area contributed by atoms with Crippen LogP contribution in [0.1, 0.15) is 46.5 Å². The van der Waals surface area contributed by atoms with Gasteiger partial charge in [-0.3, -0.25) is 0 Å². The maximum atomic E-state index is 5.91. The Labute approximate surface area is 90.6 Å². The van der Waals surface area contributed by atoms with E-state index < -0.39 is 0 Å². The molecule has 14 heavy (non-hydrogen) atoms. The van der Waals surface area contributed by atoms with Crippen molar-refractivity contribution >= 4 is 18.2 Å². The van der Waals surface area contributed by atoms with Crippen LogP contribution in [0.5, 0.6) is 0 Å². The maximum absolute atomic E-state index is 5.91. The first-order valence-corrected chi connectivity index (χ1v) is 6.17. The monoisotopic (exact) mass is 213 g/mol. The minimum Gasteiger partial charge on any atom is -0.366 e. The molecular weight excluding hydrogens is 194 g/mol. The maximum Gasteiger partial charge on any atom is 0.104 e. The van der Waals surface area contributed by atoms with E-state index in [0.29, 0.717) is 6.10 Å². The van der Waals surface area contributed by atoms with E-state index in [-0.39, 0.29) is 10.3 Å². The summed E-state index contributed by atoms with van der Waals surface area (Å²) in [6, 6.07) is 0. The van der Waals surface area contributed by atoms with Crippen molar-refractivity contribution in [2.45, 2.75) is 62.9 Å². The third kappa shape index (κ3) is 2.31. The minimum atomic E-state index is 0.0168. The van der Waals surface area contributed by atoms with Gasteiger partial charge in [0.2, 0.25) is 0 Å². The standard InChI is InChI=1S/C11H19NOS/c1-10(2,3)14-12-8-11-6-4-9(13-11)5-7-11/h8-9H,4-7H2,1-3H3/b12-8+. The van der Waals surface area contributed by atoms with Crippen LogP contribution in [-0.4, -0.2) is 22.7 Å². The minimum absolute atomic E-state index is 0.0168. The van der Waals surface area contributed by atoms with E-state index >= 15 is 0 Å². The van der Waals surface area contributed by atoms with Gasteiger partial charge in [0, 0.05) is 11.0 Å². The van der Waals surface area contributed by atoms with Gasteiger partial charge in [-0.2, -0.15) is 0 Å². The Balaban J connectivity index is 1.91. The molecule has 80 valence electrons.